The molecule has 0 aliphatic heterocycles. The van der Waals surface area contributed by atoms with Crippen molar-refractivity contribution < 1.29 is 4.79 Å². The maximum absolute atomic E-state index is 9.28. The zero-order valence-electron chi connectivity index (χ0n) is 2.99. The van der Waals surface area contributed by atoms with Crippen molar-refractivity contribution in [2.45, 2.75) is 6.92 Å². The number of hydrogen-bond acceptors (Lipinski definition) is 1. The normalized spacial score (nSPS) is 6.60. The number of carbonyl (C=O) groups is 1. The molecule has 26 valence electrons. The monoisotopic (exact) mass is 68.0 g/mol. The Morgan fingerprint density at radius 2 is 2.20 bits per heavy atom. The lowest BCUT2D eigenvalue weighted by Crippen LogP contribution is -1.65. The Bertz CT molecular complexity index is 54.7. The van der Waals surface area contributed by atoms with Gasteiger partial charge in [-0.15, -0.1) is 0 Å². The highest BCUT2D eigenvalue weighted by atomic mass is 16.1. The molecule has 2 radical (unpaired) electrons. The van der Waals surface area contributed by atoms with Gasteiger partial charge in [-0.25, -0.2) is 0 Å². The van der Waals surface area contributed by atoms with E-state index in [2.05, 4.69) is 0 Å². The highest BCUT2D eigenvalue weighted by molar-refractivity contribution is 5.70. The molecule has 0 N–H and O–H groups in total. The first-order chi connectivity index (χ1) is 2.27. The molecule has 1 heteroatoms. The maximum Gasteiger partial charge on any atom is 0.146 e. The Morgan fingerprint density at radius 3 is 2.20 bits per heavy atom. The summed E-state index contributed by atoms with van der Waals surface area (Å²) in [4.78, 5) is 9.28. The van der Waals surface area contributed by atoms with E-state index in [-0.39, 0.29) is 5.57 Å². The lowest BCUT2D eigenvalue weighted by atomic mass is 10.4. The van der Waals surface area contributed by atoms with E-state index in [9.17, 15) is 4.79 Å². The van der Waals surface area contributed by atoms with Crippen molar-refractivity contribution >= 4 is 6.29 Å². The molecule has 1 nitrogen and oxygen atoms in total. The summed E-state index contributed by atoms with van der Waals surface area (Å²) in [5.74, 6) is 0. The molecule has 0 heterocycles. The number of hydrogen-bond donors (Lipinski definition) is 0. The maximum atomic E-state index is 9.28. The Balaban J connectivity index is 3.20. The van der Waals surface area contributed by atoms with Crippen molar-refractivity contribution in [3.05, 3.63) is 12.2 Å². The van der Waals surface area contributed by atoms with Crippen LogP contribution in [-0.2, 0) is 4.79 Å². The van der Waals surface area contributed by atoms with Crippen LogP contribution in [-0.4, -0.2) is 6.29 Å². The Labute approximate surface area is 31.3 Å². The standard InChI is InChI=1S/C4H4O/c1-4(2)3-5/h3H,1H3. The minimum Gasteiger partial charge on any atom is -0.298 e. The summed E-state index contributed by atoms with van der Waals surface area (Å²) >= 11 is 0. The fourth-order valence-corrected chi connectivity index (χ4v) is 0. The molecule has 0 aromatic rings. The van der Waals surface area contributed by atoms with Crippen LogP contribution in [0.1, 0.15) is 6.92 Å². The summed E-state index contributed by atoms with van der Waals surface area (Å²) in [6.07, 6.45) is 0.500. The average Bonchev–Trinajstić information content (AvgIpc) is 1.38. The summed E-state index contributed by atoms with van der Waals surface area (Å²) in [5.41, 5.74) is 0.0741. The molecule has 0 saturated heterocycles. The first kappa shape index (κ1) is 4.41. The first-order valence-electron chi connectivity index (χ1n) is 1.27. The van der Waals surface area contributed by atoms with E-state index in [1.165, 1.54) is 6.92 Å². The molecule has 0 aromatic heterocycles. The Kier molecular flexibility index (Phi) is 1.50. The molecule has 0 spiro atoms. The Hall–Kier alpha value is -0.590. The summed E-state index contributed by atoms with van der Waals surface area (Å²) < 4.78 is 0. The molecule has 0 aliphatic rings. The third-order valence-electron chi connectivity index (χ3n) is 0.177. The highest BCUT2D eigenvalue weighted by Crippen LogP contribution is 1.70. The molecule has 0 atom stereocenters. The van der Waals surface area contributed by atoms with Gasteiger partial charge in [-0.2, -0.15) is 0 Å². The number of carbonyl (C=O) groups excluding carboxylic acids is 1. The topological polar surface area (TPSA) is 17.1 Å². The largest absolute Gasteiger partial charge is 0.298 e. The third kappa shape index (κ3) is 3.41. The molecule has 5 heavy (non-hydrogen) atoms. The van der Waals surface area contributed by atoms with E-state index in [1.807, 2.05) is 0 Å². The summed E-state index contributed by atoms with van der Waals surface area (Å²) in [6.45, 7) is 7.81. The third-order valence-corrected chi connectivity index (χ3v) is 0.177. The summed E-state index contributed by atoms with van der Waals surface area (Å²) in [5, 5.41) is 0. The quantitative estimate of drug-likeness (QED) is 0.322. The molecule has 0 bridgehead atoms. The average molecular weight is 68.1 g/mol. The SMILES string of the molecule is [C]=C(C)C=O. The zero-order chi connectivity index (χ0) is 4.28. The van der Waals surface area contributed by atoms with Crippen LogP contribution in [0.25, 0.3) is 0 Å². The van der Waals surface area contributed by atoms with E-state index in [0.29, 0.717) is 6.29 Å². The molecule has 0 rings (SSSR count). The van der Waals surface area contributed by atoms with Gasteiger partial charge < -0.3 is 0 Å². The van der Waals surface area contributed by atoms with Gasteiger partial charge in [0.2, 0.25) is 0 Å². The second kappa shape index (κ2) is 1.70. The predicted molar refractivity (Wildman–Crippen MR) is 18.5 cm³/mol. The minimum absolute atomic E-state index is 0.0741. The van der Waals surface area contributed by atoms with Crippen LogP contribution in [0, 0.1) is 6.58 Å². The molecule has 0 aliphatic carbocycles. The van der Waals surface area contributed by atoms with Crippen LogP contribution >= 0.6 is 0 Å². The molecular formula is C4H4O. The molecule has 0 fully saturated rings. The molecule has 0 saturated carbocycles. The van der Waals surface area contributed by atoms with Gasteiger partial charge in [0, 0.05) is 0 Å². The fourth-order valence-electron chi connectivity index (χ4n) is 0. The second-order valence-corrected chi connectivity index (χ2v) is 0.801. The molecule has 0 unspecified atom stereocenters. The van der Waals surface area contributed by atoms with E-state index in [0.717, 1.165) is 0 Å². The van der Waals surface area contributed by atoms with Crippen molar-refractivity contribution in [2.24, 2.45) is 0 Å². The van der Waals surface area contributed by atoms with Crippen LogP contribution < -0.4 is 0 Å². The Morgan fingerprint density at radius 1 is 2.00 bits per heavy atom. The first-order valence-corrected chi connectivity index (χ1v) is 1.27. The molecule has 0 aromatic carbocycles. The van der Waals surface area contributed by atoms with Crippen LogP contribution in [0.3, 0.4) is 0 Å². The van der Waals surface area contributed by atoms with Crippen LogP contribution in [0.4, 0.5) is 0 Å². The smallest absolute Gasteiger partial charge is 0.146 e. The van der Waals surface area contributed by atoms with Crippen LogP contribution in [0.5, 0.6) is 0 Å². The lowest BCUT2D eigenvalue weighted by molar-refractivity contribution is -0.104. The van der Waals surface area contributed by atoms with Crippen LogP contribution in [0.15, 0.2) is 5.57 Å². The van der Waals surface area contributed by atoms with E-state index >= 15 is 0 Å². The van der Waals surface area contributed by atoms with Crippen molar-refractivity contribution in [3.8, 4) is 0 Å². The summed E-state index contributed by atoms with van der Waals surface area (Å²) in [6, 6.07) is 0. The number of rotatable bonds is 1. The number of aldehydes is 1. The zero-order valence-corrected chi connectivity index (χ0v) is 2.99. The van der Waals surface area contributed by atoms with E-state index < -0.39 is 0 Å². The van der Waals surface area contributed by atoms with Gasteiger partial charge >= 0.3 is 0 Å². The number of allylic oxidation sites excluding steroid dienone is 1. The predicted octanol–water partition coefficient (Wildman–Crippen LogP) is 0.442. The van der Waals surface area contributed by atoms with Gasteiger partial charge in [0.15, 0.2) is 0 Å². The minimum atomic E-state index is 0.0741. The summed E-state index contributed by atoms with van der Waals surface area (Å²) in [7, 11) is 0. The molecule has 0 amide bonds. The van der Waals surface area contributed by atoms with Crippen LogP contribution in [0.2, 0.25) is 0 Å². The van der Waals surface area contributed by atoms with E-state index in [4.69, 9.17) is 6.58 Å². The van der Waals surface area contributed by atoms with Gasteiger partial charge in [-0.05, 0) is 19.1 Å². The van der Waals surface area contributed by atoms with Crippen molar-refractivity contribution in [1.29, 1.82) is 0 Å². The van der Waals surface area contributed by atoms with Gasteiger partial charge in [-0.1, -0.05) is 0 Å². The van der Waals surface area contributed by atoms with Gasteiger partial charge in [0.1, 0.15) is 6.29 Å². The van der Waals surface area contributed by atoms with Gasteiger partial charge in [0.05, 0.1) is 0 Å². The van der Waals surface area contributed by atoms with E-state index in [1.54, 1.807) is 0 Å². The lowest BCUT2D eigenvalue weighted by Gasteiger charge is -1.64. The van der Waals surface area contributed by atoms with Crippen molar-refractivity contribution in [3.63, 3.8) is 0 Å². The van der Waals surface area contributed by atoms with Crippen molar-refractivity contribution in [1.82, 2.24) is 0 Å². The highest BCUT2D eigenvalue weighted by Gasteiger charge is 1.67. The second-order valence-electron chi connectivity index (χ2n) is 0.801. The van der Waals surface area contributed by atoms with Crippen molar-refractivity contribution in [2.75, 3.05) is 0 Å². The fraction of sp³-hybridized carbons (Fsp3) is 0.250. The van der Waals surface area contributed by atoms with Gasteiger partial charge in [-0.3, -0.25) is 4.79 Å². The van der Waals surface area contributed by atoms with Gasteiger partial charge in [0.25, 0.3) is 0 Å². The molecular weight excluding hydrogens is 64.0 g/mol.